The Balaban J connectivity index is 1.44. The molecule has 3 aromatic rings. The van der Waals surface area contributed by atoms with E-state index in [-0.39, 0.29) is 0 Å². The van der Waals surface area contributed by atoms with E-state index in [0.717, 1.165) is 60.1 Å². The fourth-order valence-corrected chi connectivity index (χ4v) is 9.08. The summed E-state index contributed by atoms with van der Waals surface area (Å²) >= 11 is -1.05. The number of alkyl halides is 2. The van der Waals surface area contributed by atoms with Gasteiger partial charge in [0, 0.05) is 6.20 Å². The van der Waals surface area contributed by atoms with Crippen molar-refractivity contribution in [2.24, 2.45) is 5.73 Å². The van der Waals surface area contributed by atoms with Gasteiger partial charge in [-0.3, -0.25) is 0 Å². The molecule has 8 nitrogen and oxygen atoms in total. The second kappa shape index (κ2) is 7.77. The number of pyridine rings is 1. The first-order valence-electron chi connectivity index (χ1n) is 9.92. The van der Waals surface area contributed by atoms with E-state index in [4.69, 9.17) is 15.7 Å². The summed E-state index contributed by atoms with van der Waals surface area (Å²) in [7, 11) is 0. The Morgan fingerprint density at radius 3 is 3.10 bits per heavy atom. The summed E-state index contributed by atoms with van der Waals surface area (Å²) in [5.41, 5.74) is 9.40. The topological polar surface area (TPSA) is 99.9 Å². The van der Waals surface area contributed by atoms with E-state index in [9.17, 15) is 0 Å². The molecule has 1 saturated heterocycles. The van der Waals surface area contributed by atoms with Gasteiger partial charge in [0.2, 0.25) is 0 Å². The Bertz CT molecular complexity index is 1050. The van der Waals surface area contributed by atoms with E-state index >= 15 is 0 Å². The van der Waals surface area contributed by atoms with Crippen LogP contribution in [0.3, 0.4) is 0 Å². The molecule has 0 amide bonds. The molecular weight excluding hydrogens is 479 g/mol. The molecule has 0 unspecified atom stereocenters. The van der Waals surface area contributed by atoms with Crippen molar-refractivity contribution in [3.8, 4) is 0 Å². The molecule has 152 valence electrons. The number of rotatable bonds is 3. The van der Waals surface area contributed by atoms with Crippen molar-refractivity contribution in [2.45, 2.75) is 25.8 Å². The van der Waals surface area contributed by atoms with Crippen LogP contribution in [0.5, 0.6) is 0 Å². The molecule has 0 radical (unpaired) electrons. The van der Waals surface area contributed by atoms with Gasteiger partial charge in [0.15, 0.2) is 0 Å². The maximum absolute atomic E-state index is 5.61. The SMILES string of the molecule is C[C@@H]1CI(/C=C/N)CCN1c1cnc2c(N3CCCc4ncccc43)n[nH]c2n1. The quantitative estimate of drug-likeness (QED) is 0.418. The molecule has 0 saturated carbocycles. The number of fused-ring (bicyclic) bond motifs is 2. The van der Waals surface area contributed by atoms with Gasteiger partial charge in [-0.25, -0.2) is 0 Å². The van der Waals surface area contributed by atoms with Gasteiger partial charge in [-0.05, 0) is 0 Å². The molecule has 1 atom stereocenters. The van der Waals surface area contributed by atoms with Gasteiger partial charge in [-0.15, -0.1) is 0 Å². The molecule has 2 aliphatic rings. The van der Waals surface area contributed by atoms with Crippen LogP contribution in [0.25, 0.3) is 11.2 Å². The first-order chi connectivity index (χ1) is 14.2. The van der Waals surface area contributed by atoms with Crippen LogP contribution < -0.4 is 15.5 Å². The molecular formula is C20H25IN8. The van der Waals surface area contributed by atoms with Crippen LogP contribution in [0.15, 0.2) is 34.8 Å². The van der Waals surface area contributed by atoms with Gasteiger partial charge >= 0.3 is 171 Å². The number of aryl methyl sites for hydroxylation is 1. The molecule has 29 heavy (non-hydrogen) atoms. The van der Waals surface area contributed by atoms with Crippen molar-refractivity contribution in [1.29, 1.82) is 0 Å². The summed E-state index contributed by atoms with van der Waals surface area (Å²) in [5.74, 6) is 1.76. The Kier molecular flexibility index (Phi) is 4.98. The molecule has 0 aliphatic carbocycles. The number of nitrogens with one attached hydrogen (secondary N) is 1. The Morgan fingerprint density at radius 2 is 2.24 bits per heavy atom. The maximum atomic E-state index is 5.61. The molecule has 9 heteroatoms. The molecule has 3 N–H and O–H groups in total. The summed E-state index contributed by atoms with van der Waals surface area (Å²) in [6, 6.07) is 4.54. The number of aromatic nitrogens is 5. The number of hydrogen-bond acceptors (Lipinski definition) is 7. The van der Waals surface area contributed by atoms with Crippen LogP contribution in [-0.4, -0.2) is 53.1 Å². The van der Waals surface area contributed by atoms with Crippen LogP contribution in [-0.2, 0) is 6.42 Å². The fraction of sp³-hybridized carbons (Fsp3) is 0.400. The average Bonchev–Trinajstić information content (AvgIpc) is 3.17. The summed E-state index contributed by atoms with van der Waals surface area (Å²) in [4.78, 5) is 18.7. The molecule has 0 bridgehead atoms. The molecule has 0 aromatic carbocycles. The van der Waals surface area contributed by atoms with E-state index < -0.39 is 19.8 Å². The number of nitrogens with zero attached hydrogens (tertiary/aromatic N) is 6. The molecule has 5 heterocycles. The molecule has 3 aromatic heterocycles. The van der Waals surface area contributed by atoms with Gasteiger partial charge in [0.1, 0.15) is 0 Å². The summed E-state index contributed by atoms with van der Waals surface area (Å²) < 4.78 is 4.72. The van der Waals surface area contributed by atoms with Crippen molar-refractivity contribution in [2.75, 3.05) is 31.7 Å². The number of nitrogens with two attached hydrogens (primary N) is 1. The molecule has 0 spiro atoms. The van der Waals surface area contributed by atoms with Crippen molar-refractivity contribution >= 4 is 48.3 Å². The summed E-state index contributed by atoms with van der Waals surface area (Å²) in [6.45, 7) is 4.20. The van der Waals surface area contributed by atoms with Crippen LogP contribution >= 0.6 is 19.8 Å². The first-order valence-corrected chi connectivity index (χ1v) is 14.2. The van der Waals surface area contributed by atoms with Gasteiger partial charge in [0.25, 0.3) is 0 Å². The minimum atomic E-state index is -1.05. The van der Waals surface area contributed by atoms with E-state index in [2.05, 4.69) is 42.1 Å². The van der Waals surface area contributed by atoms with Crippen molar-refractivity contribution in [1.82, 2.24) is 25.1 Å². The standard InChI is InChI=1S/C20H25IN8/c1-14-12-21(6-8-22)7-11-28(14)17-13-24-18-19(25-17)26-27-20(18)29-10-3-4-15-16(29)5-2-9-23-15/h2,5-6,8-9,13-14H,3-4,7,10-12,22H2,1H3,(H,25,26,27)/b8-6+/t14-/m1/s1. The number of H-pyrrole nitrogens is 1. The third-order valence-electron chi connectivity index (χ3n) is 5.51. The molecule has 2 aliphatic heterocycles. The second-order valence-electron chi connectivity index (χ2n) is 7.40. The monoisotopic (exact) mass is 504 g/mol. The molecule has 5 rings (SSSR count). The first kappa shape index (κ1) is 18.6. The minimum absolute atomic E-state index is 0.458. The van der Waals surface area contributed by atoms with Crippen LogP contribution in [0.2, 0.25) is 0 Å². The van der Waals surface area contributed by atoms with Crippen molar-refractivity contribution in [3.63, 3.8) is 0 Å². The third kappa shape index (κ3) is 3.41. The van der Waals surface area contributed by atoms with Gasteiger partial charge < -0.3 is 0 Å². The van der Waals surface area contributed by atoms with Crippen LogP contribution in [0.4, 0.5) is 17.3 Å². The van der Waals surface area contributed by atoms with Gasteiger partial charge in [-0.1, -0.05) is 0 Å². The Labute approximate surface area is 177 Å². The van der Waals surface area contributed by atoms with E-state index in [1.165, 1.54) is 8.86 Å². The second-order valence-corrected chi connectivity index (χ2v) is 12.9. The van der Waals surface area contributed by atoms with Crippen molar-refractivity contribution in [3.05, 3.63) is 40.5 Å². The number of hydrogen-bond donors (Lipinski definition) is 2. The average molecular weight is 504 g/mol. The van der Waals surface area contributed by atoms with E-state index in [0.29, 0.717) is 6.04 Å². The van der Waals surface area contributed by atoms with Crippen molar-refractivity contribution < 1.29 is 0 Å². The predicted octanol–water partition coefficient (Wildman–Crippen LogP) is 2.98. The normalized spacial score (nSPS) is 21.1. The van der Waals surface area contributed by atoms with Gasteiger partial charge in [-0.2, -0.15) is 0 Å². The summed E-state index contributed by atoms with van der Waals surface area (Å²) in [5, 5.41) is 7.68. The zero-order valence-electron chi connectivity index (χ0n) is 16.4. The predicted molar refractivity (Wildman–Crippen MR) is 125 cm³/mol. The van der Waals surface area contributed by atoms with Gasteiger partial charge in [0.05, 0.1) is 0 Å². The fourth-order valence-electron chi connectivity index (χ4n) is 4.14. The Hall–Kier alpha value is -2.43. The zero-order chi connectivity index (χ0) is 19.8. The number of aromatic amines is 1. The number of halogens is 1. The van der Waals surface area contributed by atoms with E-state index in [1.54, 1.807) is 6.20 Å². The van der Waals surface area contributed by atoms with Crippen LogP contribution in [0, 0.1) is 0 Å². The number of anilines is 3. The van der Waals surface area contributed by atoms with E-state index in [1.807, 2.05) is 18.5 Å². The summed E-state index contributed by atoms with van der Waals surface area (Å²) in [6.07, 6.45) is 7.54. The Morgan fingerprint density at radius 1 is 1.31 bits per heavy atom. The van der Waals surface area contributed by atoms with Crippen LogP contribution in [0.1, 0.15) is 19.0 Å². The molecule has 1 fully saturated rings. The zero-order valence-corrected chi connectivity index (χ0v) is 18.6. The third-order valence-corrected chi connectivity index (χ3v) is 11.2.